The molecule has 2 aromatic rings. The standard InChI is InChI=1S/C20H26N2O3S/c1-24-14-16-12-21(13-17-4-3-11-26-17)15-20(16)6-8-22(9-7-20)19(23)18-5-2-10-25-18/h2-5,10-11,16H,6-9,12-15H2,1H3. The second-order valence-electron chi connectivity index (χ2n) is 7.53. The SMILES string of the molecule is COCC1CN(Cc2cccs2)CC12CCN(C(=O)c1ccco1)CC2. The van der Waals surface area contributed by atoms with E-state index >= 15 is 0 Å². The summed E-state index contributed by atoms with van der Waals surface area (Å²) in [4.78, 5) is 18.5. The lowest BCUT2D eigenvalue weighted by Crippen LogP contribution is -2.47. The first-order valence-electron chi connectivity index (χ1n) is 9.27. The van der Waals surface area contributed by atoms with Crippen LogP contribution in [0.3, 0.4) is 0 Å². The van der Waals surface area contributed by atoms with Crippen molar-refractivity contribution < 1.29 is 13.9 Å². The quantitative estimate of drug-likeness (QED) is 0.805. The Morgan fingerprint density at radius 3 is 2.85 bits per heavy atom. The molecule has 1 atom stereocenters. The minimum absolute atomic E-state index is 0.0154. The Morgan fingerprint density at radius 1 is 1.35 bits per heavy atom. The van der Waals surface area contributed by atoms with E-state index in [9.17, 15) is 4.79 Å². The smallest absolute Gasteiger partial charge is 0.289 e. The van der Waals surface area contributed by atoms with Gasteiger partial charge in [0.2, 0.25) is 0 Å². The van der Waals surface area contributed by atoms with Gasteiger partial charge in [0.25, 0.3) is 5.91 Å². The molecule has 6 heteroatoms. The summed E-state index contributed by atoms with van der Waals surface area (Å²) < 4.78 is 10.8. The van der Waals surface area contributed by atoms with E-state index in [1.54, 1.807) is 25.5 Å². The summed E-state index contributed by atoms with van der Waals surface area (Å²) in [7, 11) is 1.80. The van der Waals surface area contributed by atoms with E-state index in [-0.39, 0.29) is 11.3 Å². The first-order chi connectivity index (χ1) is 12.7. The average molecular weight is 375 g/mol. The van der Waals surface area contributed by atoms with Crippen LogP contribution in [-0.4, -0.2) is 55.6 Å². The minimum atomic E-state index is 0.0154. The second kappa shape index (κ2) is 7.55. The number of piperidine rings is 1. The van der Waals surface area contributed by atoms with Crippen LogP contribution in [0.1, 0.15) is 28.3 Å². The number of likely N-dealkylation sites (tertiary alicyclic amines) is 2. The Hall–Kier alpha value is -1.63. The van der Waals surface area contributed by atoms with Crippen molar-refractivity contribution in [2.75, 3.05) is 39.9 Å². The lowest BCUT2D eigenvalue weighted by molar-refractivity contribution is 0.0306. The molecule has 0 aliphatic carbocycles. The summed E-state index contributed by atoms with van der Waals surface area (Å²) in [6.45, 7) is 5.60. The zero-order valence-corrected chi connectivity index (χ0v) is 16.0. The Bertz CT molecular complexity index is 706. The molecule has 0 aromatic carbocycles. The van der Waals surface area contributed by atoms with E-state index in [1.807, 2.05) is 16.2 Å². The van der Waals surface area contributed by atoms with Gasteiger partial charge in [-0.05, 0) is 41.8 Å². The van der Waals surface area contributed by atoms with E-state index < -0.39 is 0 Å². The summed E-state index contributed by atoms with van der Waals surface area (Å²) in [5, 5.41) is 2.15. The van der Waals surface area contributed by atoms with E-state index in [0.717, 1.165) is 52.2 Å². The van der Waals surface area contributed by atoms with Crippen molar-refractivity contribution in [3.05, 3.63) is 46.5 Å². The number of amides is 1. The van der Waals surface area contributed by atoms with Crippen molar-refractivity contribution in [1.82, 2.24) is 9.80 Å². The molecule has 1 amide bonds. The Labute approximate surface area is 158 Å². The molecule has 2 aromatic heterocycles. The van der Waals surface area contributed by atoms with E-state index in [2.05, 4.69) is 22.4 Å². The van der Waals surface area contributed by atoms with Crippen LogP contribution < -0.4 is 0 Å². The molecular weight excluding hydrogens is 348 g/mol. The third-order valence-corrected chi connectivity index (χ3v) is 6.85. The first-order valence-corrected chi connectivity index (χ1v) is 10.1. The lowest BCUT2D eigenvalue weighted by atomic mass is 9.71. The van der Waals surface area contributed by atoms with Gasteiger partial charge in [0.05, 0.1) is 12.9 Å². The van der Waals surface area contributed by atoms with E-state index in [1.165, 1.54) is 4.88 Å². The van der Waals surface area contributed by atoms with Crippen molar-refractivity contribution in [3.63, 3.8) is 0 Å². The molecule has 2 aliphatic rings. The lowest BCUT2D eigenvalue weighted by Gasteiger charge is -2.42. The largest absolute Gasteiger partial charge is 0.459 e. The summed E-state index contributed by atoms with van der Waals surface area (Å²) in [6, 6.07) is 7.86. The highest BCUT2D eigenvalue weighted by Crippen LogP contribution is 2.45. The van der Waals surface area contributed by atoms with Gasteiger partial charge in [0.1, 0.15) is 0 Å². The number of carbonyl (C=O) groups is 1. The van der Waals surface area contributed by atoms with Crippen LogP contribution in [-0.2, 0) is 11.3 Å². The first kappa shape index (κ1) is 17.8. The second-order valence-corrected chi connectivity index (χ2v) is 8.57. The molecule has 2 saturated heterocycles. The molecule has 2 fully saturated rings. The number of thiophene rings is 1. The zero-order chi connectivity index (χ0) is 18.0. The predicted octanol–water partition coefficient (Wildman–Crippen LogP) is 3.34. The highest BCUT2D eigenvalue weighted by molar-refractivity contribution is 7.09. The van der Waals surface area contributed by atoms with Crippen molar-refractivity contribution in [1.29, 1.82) is 0 Å². The monoisotopic (exact) mass is 374 g/mol. The number of nitrogens with zero attached hydrogens (tertiary/aromatic N) is 2. The fraction of sp³-hybridized carbons (Fsp3) is 0.550. The molecule has 2 aliphatic heterocycles. The summed E-state index contributed by atoms with van der Waals surface area (Å²) in [5.74, 6) is 0.995. The Balaban J connectivity index is 1.42. The zero-order valence-electron chi connectivity index (χ0n) is 15.2. The van der Waals surface area contributed by atoms with Crippen LogP contribution in [0.15, 0.2) is 40.3 Å². The molecule has 0 N–H and O–H groups in total. The fourth-order valence-corrected chi connectivity index (χ4v) is 5.34. The maximum Gasteiger partial charge on any atom is 0.289 e. The molecule has 26 heavy (non-hydrogen) atoms. The van der Waals surface area contributed by atoms with Gasteiger partial charge in [-0.25, -0.2) is 0 Å². The van der Waals surface area contributed by atoms with Crippen molar-refractivity contribution >= 4 is 17.2 Å². The van der Waals surface area contributed by atoms with Gasteiger partial charge in [0, 0.05) is 50.6 Å². The maximum atomic E-state index is 12.5. The van der Waals surface area contributed by atoms with Gasteiger partial charge in [-0.3, -0.25) is 9.69 Å². The third kappa shape index (κ3) is 3.46. The van der Waals surface area contributed by atoms with Crippen LogP contribution in [0.4, 0.5) is 0 Å². The molecule has 4 heterocycles. The van der Waals surface area contributed by atoms with Crippen molar-refractivity contribution in [2.24, 2.45) is 11.3 Å². The van der Waals surface area contributed by atoms with Gasteiger partial charge < -0.3 is 14.1 Å². The fourth-order valence-electron chi connectivity index (χ4n) is 4.60. The van der Waals surface area contributed by atoms with Gasteiger partial charge >= 0.3 is 0 Å². The van der Waals surface area contributed by atoms with Crippen LogP contribution in [0, 0.1) is 11.3 Å². The summed E-state index contributed by atoms with van der Waals surface area (Å²) in [5.41, 5.74) is 0.257. The Morgan fingerprint density at radius 2 is 2.19 bits per heavy atom. The molecule has 1 spiro atoms. The molecule has 0 radical (unpaired) electrons. The molecule has 1 unspecified atom stereocenters. The molecule has 0 bridgehead atoms. The van der Waals surface area contributed by atoms with Crippen LogP contribution >= 0.6 is 11.3 Å². The van der Waals surface area contributed by atoms with Gasteiger partial charge in [-0.1, -0.05) is 6.07 Å². The highest BCUT2D eigenvalue weighted by atomic mass is 32.1. The summed E-state index contributed by atoms with van der Waals surface area (Å²) in [6.07, 6.45) is 3.63. The maximum absolute atomic E-state index is 12.5. The number of furan rings is 1. The minimum Gasteiger partial charge on any atom is -0.459 e. The molecule has 0 saturated carbocycles. The number of ether oxygens (including phenoxy) is 1. The van der Waals surface area contributed by atoms with Gasteiger partial charge in [0.15, 0.2) is 5.76 Å². The average Bonchev–Trinajstić information content (AvgIpc) is 3.39. The van der Waals surface area contributed by atoms with Crippen molar-refractivity contribution in [3.8, 4) is 0 Å². The molecular formula is C20H26N2O3S. The number of rotatable bonds is 5. The number of methoxy groups -OCH3 is 1. The van der Waals surface area contributed by atoms with E-state index in [0.29, 0.717) is 11.7 Å². The summed E-state index contributed by atoms with van der Waals surface area (Å²) >= 11 is 1.83. The van der Waals surface area contributed by atoms with Gasteiger partial charge in [-0.15, -0.1) is 11.3 Å². The molecule has 140 valence electrons. The third-order valence-electron chi connectivity index (χ3n) is 5.99. The van der Waals surface area contributed by atoms with Crippen LogP contribution in [0.5, 0.6) is 0 Å². The number of hydrogen-bond acceptors (Lipinski definition) is 5. The van der Waals surface area contributed by atoms with Crippen LogP contribution in [0.2, 0.25) is 0 Å². The molecule has 5 nitrogen and oxygen atoms in total. The van der Waals surface area contributed by atoms with Crippen molar-refractivity contribution in [2.45, 2.75) is 19.4 Å². The number of hydrogen-bond donors (Lipinski definition) is 0. The van der Waals surface area contributed by atoms with Gasteiger partial charge in [-0.2, -0.15) is 0 Å². The topological polar surface area (TPSA) is 45.9 Å². The van der Waals surface area contributed by atoms with Crippen LogP contribution in [0.25, 0.3) is 0 Å². The number of carbonyl (C=O) groups excluding carboxylic acids is 1. The molecule has 4 rings (SSSR count). The highest BCUT2D eigenvalue weighted by Gasteiger charge is 2.48. The van der Waals surface area contributed by atoms with E-state index in [4.69, 9.17) is 9.15 Å². The predicted molar refractivity (Wildman–Crippen MR) is 101 cm³/mol. The Kier molecular flexibility index (Phi) is 5.16. The normalized spacial score (nSPS) is 23.0.